The van der Waals surface area contributed by atoms with Gasteiger partial charge in [-0.3, -0.25) is 0 Å². The Hall–Kier alpha value is -5.08. The fourth-order valence-corrected chi connectivity index (χ4v) is 7.21. The first-order valence-corrected chi connectivity index (χ1v) is 13.5. The predicted octanol–water partition coefficient (Wildman–Crippen LogP) is 9.61. The number of hydrogen-bond acceptors (Lipinski definition) is 2. The third-order valence-corrected chi connectivity index (χ3v) is 8.67. The lowest BCUT2D eigenvalue weighted by Gasteiger charge is -2.34. The largest absolute Gasteiger partial charge is 0.453 e. The summed E-state index contributed by atoms with van der Waals surface area (Å²) in [7, 11) is 0. The van der Waals surface area contributed by atoms with E-state index in [1.165, 1.54) is 44.5 Å². The van der Waals surface area contributed by atoms with Crippen LogP contribution >= 0.6 is 0 Å². The second-order valence-electron chi connectivity index (χ2n) is 10.5. The zero-order chi connectivity index (χ0) is 25.6. The highest BCUT2D eigenvalue weighted by atomic mass is 16.5. The molecule has 2 aliphatic carbocycles. The van der Waals surface area contributed by atoms with Gasteiger partial charge < -0.3 is 9.64 Å². The van der Waals surface area contributed by atoms with Crippen molar-refractivity contribution < 1.29 is 4.74 Å². The van der Waals surface area contributed by atoms with Crippen LogP contribution in [0.3, 0.4) is 0 Å². The summed E-state index contributed by atoms with van der Waals surface area (Å²) in [5.74, 6) is 1.74. The number of nitrogens with zero attached hydrogens (tertiary/aromatic N) is 1. The van der Waals surface area contributed by atoms with Crippen LogP contribution < -0.4 is 9.64 Å². The van der Waals surface area contributed by atoms with E-state index in [1.807, 2.05) is 24.3 Å². The highest BCUT2D eigenvalue weighted by molar-refractivity contribution is 5.97. The van der Waals surface area contributed by atoms with E-state index in [0.717, 1.165) is 28.6 Å². The van der Waals surface area contributed by atoms with Gasteiger partial charge in [-0.2, -0.15) is 0 Å². The molecule has 0 radical (unpaired) electrons. The molecule has 0 saturated carbocycles. The molecule has 0 bridgehead atoms. The number of fused-ring (bicyclic) bond motifs is 12. The van der Waals surface area contributed by atoms with E-state index in [1.54, 1.807) is 0 Å². The van der Waals surface area contributed by atoms with Crippen LogP contribution in [0.15, 0.2) is 140 Å². The highest BCUT2D eigenvalue weighted by Gasteiger charge is 2.51. The highest BCUT2D eigenvalue weighted by Crippen LogP contribution is 2.63. The average molecular weight is 498 g/mol. The molecule has 2 nitrogen and oxygen atoms in total. The number of ether oxygens (including phenoxy) is 1. The molecular weight excluding hydrogens is 474 g/mol. The van der Waals surface area contributed by atoms with E-state index >= 15 is 0 Å². The van der Waals surface area contributed by atoms with Crippen LogP contribution in [0.5, 0.6) is 11.5 Å². The maximum Gasteiger partial charge on any atom is 0.151 e. The van der Waals surface area contributed by atoms with Crippen molar-refractivity contribution in [1.29, 1.82) is 0 Å². The van der Waals surface area contributed by atoms with Crippen molar-refractivity contribution in [1.82, 2.24) is 0 Å². The smallest absolute Gasteiger partial charge is 0.151 e. The second kappa shape index (κ2) is 7.49. The topological polar surface area (TPSA) is 12.5 Å². The van der Waals surface area contributed by atoms with Gasteiger partial charge in [-0.1, -0.05) is 103 Å². The Balaban J connectivity index is 1.34. The minimum absolute atomic E-state index is 0.321. The zero-order valence-electron chi connectivity index (χ0n) is 21.1. The molecule has 1 aliphatic heterocycles. The monoisotopic (exact) mass is 497 g/mol. The number of anilines is 3. The first kappa shape index (κ1) is 20.9. The Morgan fingerprint density at radius 1 is 0.410 bits per heavy atom. The van der Waals surface area contributed by atoms with Crippen LogP contribution in [-0.2, 0) is 5.41 Å². The summed E-state index contributed by atoms with van der Waals surface area (Å²) in [4.78, 5) is 2.33. The normalized spacial score (nSPS) is 14.5. The number of benzene rings is 6. The fraction of sp³-hybridized carbons (Fsp3) is 0.0270. The molecule has 0 N–H and O–H groups in total. The van der Waals surface area contributed by atoms with Gasteiger partial charge in [0.05, 0.1) is 16.8 Å². The van der Waals surface area contributed by atoms with Crippen molar-refractivity contribution in [2.45, 2.75) is 5.41 Å². The molecule has 6 aromatic rings. The SMILES string of the molecule is c1ccc2c(c1)Oc1ccccc1N2c1ccc2c(c1)-c1ccccc1C21c2ccccc2-c2ccccc21. The third-order valence-electron chi connectivity index (χ3n) is 8.67. The molecule has 1 heterocycles. The molecule has 0 aromatic heterocycles. The Morgan fingerprint density at radius 2 is 0.846 bits per heavy atom. The third kappa shape index (κ3) is 2.56. The molecule has 0 atom stereocenters. The molecule has 0 saturated heterocycles. The minimum Gasteiger partial charge on any atom is -0.453 e. The molecule has 182 valence electrons. The maximum atomic E-state index is 6.29. The molecular formula is C37H23NO. The van der Waals surface area contributed by atoms with Gasteiger partial charge >= 0.3 is 0 Å². The van der Waals surface area contributed by atoms with E-state index in [9.17, 15) is 0 Å². The number of hydrogen-bond donors (Lipinski definition) is 0. The maximum absolute atomic E-state index is 6.29. The summed E-state index contributed by atoms with van der Waals surface area (Å²) in [5, 5.41) is 0. The van der Waals surface area contributed by atoms with Crippen LogP contribution in [0.2, 0.25) is 0 Å². The fourth-order valence-electron chi connectivity index (χ4n) is 7.21. The predicted molar refractivity (Wildman–Crippen MR) is 157 cm³/mol. The van der Waals surface area contributed by atoms with Gasteiger partial charge in [0.15, 0.2) is 11.5 Å². The summed E-state index contributed by atoms with van der Waals surface area (Å²) in [6, 6.07) is 50.5. The Morgan fingerprint density at radius 3 is 1.41 bits per heavy atom. The van der Waals surface area contributed by atoms with Crippen molar-refractivity contribution >= 4 is 17.1 Å². The van der Waals surface area contributed by atoms with E-state index in [-0.39, 0.29) is 5.41 Å². The standard InChI is InChI=1S/C37H23NO/c1-4-14-29-25(11-1)26-12-2-5-15-30(26)37(29)31-16-6-3-13-27(31)28-23-24(21-22-32(28)37)38-33-17-7-9-19-35(33)39-36-20-10-8-18-34(36)38/h1-23H. The molecule has 3 aliphatic rings. The summed E-state index contributed by atoms with van der Waals surface area (Å²) < 4.78 is 6.29. The summed E-state index contributed by atoms with van der Waals surface area (Å²) in [6.07, 6.45) is 0. The van der Waals surface area contributed by atoms with Gasteiger partial charge in [0.2, 0.25) is 0 Å². The van der Waals surface area contributed by atoms with E-state index in [0.29, 0.717) is 0 Å². The quantitative estimate of drug-likeness (QED) is 0.224. The lowest BCUT2D eigenvalue weighted by atomic mass is 9.70. The van der Waals surface area contributed by atoms with E-state index < -0.39 is 0 Å². The average Bonchev–Trinajstić information content (AvgIpc) is 3.47. The molecule has 1 spiro atoms. The molecule has 39 heavy (non-hydrogen) atoms. The van der Waals surface area contributed by atoms with Crippen molar-refractivity contribution in [3.05, 3.63) is 162 Å². The Labute approximate surface area is 227 Å². The summed E-state index contributed by atoms with van der Waals surface area (Å²) in [6.45, 7) is 0. The van der Waals surface area contributed by atoms with Gasteiger partial charge in [0.1, 0.15) is 0 Å². The van der Waals surface area contributed by atoms with Crippen LogP contribution in [-0.4, -0.2) is 0 Å². The van der Waals surface area contributed by atoms with Crippen molar-refractivity contribution in [2.75, 3.05) is 4.90 Å². The van der Waals surface area contributed by atoms with Crippen LogP contribution in [0.1, 0.15) is 22.3 Å². The van der Waals surface area contributed by atoms with Gasteiger partial charge in [-0.15, -0.1) is 0 Å². The lowest BCUT2D eigenvalue weighted by Crippen LogP contribution is -2.25. The molecule has 6 aromatic carbocycles. The van der Waals surface area contributed by atoms with Crippen molar-refractivity contribution in [3.8, 4) is 33.8 Å². The number of rotatable bonds is 1. The molecule has 9 rings (SSSR count). The van der Waals surface area contributed by atoms with Crippen molar-refractivity contribution in [3.63, 3.8) is 0 Å². The van der Waals surface area contributed by atoms with Gasteiger partial charge in [-0.25, -0.2) is 0 Å². The number of para-hydroxylation sites is 4. The van der Waals surface area contributed by atoms with E-state index in [2.05, 4.69) is 120 Å². The molecule has 0 fully saturated rings. The Bertz CT molecular complexity index is 1880. The summed E-state index contributed by atoms with van der Waals surface area (Å²) in [5.41, 5.74) is 13.6. The lowest BCUT2D eigenvalue weighted by molar-refractivity contribution is 0.477. The first-order valence-electron chi connectivity index (χ1n) is 13.5. The molecule has 0 unspecified atom stereocenters. The molecule has 2 heteroatoms. The van der Waals surface area contributed by atoms with E-state index in [4.69, 9.17) is 4.74 Å². The van der Waals surface area contributed by atoms with Crippen LogP contribution in [0, 0.1) is 0 Å². The van der Waals surface area contributed by atoms with Gasteiger partial charge in [0.25, 0.3) is 0 Å². The van der Waals surface area contributed by atoms with Crippen molar-refractivity contribution in [2.24, 2.45) is 0 Å². The molecule has 0 amide bonds. The van der Waals surface area contributed by atoms with Gasteiger partial charge in [-0.05, 0) is 80.9 Å². The van der Waals surface area contributed by atoms with Crippen LogP contribution in [0.4, 0.5) is 17.1 Å². The summed E-state index contributed by atoms with van der Waals surface area (Å²) >= 11 is 0. The van der Waals surface area contributed by atoms with Gasteiger partial charge in [0, 0.05) is 5.69 Å². The van der Waals surface area contributed by atoms with Crippen LogP contribution in [0.25, 0.3) is 22.3 Å². The Kier molecular flexibility index (Phi) is 4.02. The first-order chi connectivity index (χ1) is 19.4. The second-order valence-corrected chi connectivity index (χ2v) is 10.5. The zero-order valence-corrected chi connectivity index (χ0v) is 21.1. The minimum atomic E-state index is -0.321.